The Morgan fingerprint density at radius 1 is 1.30 bits per heavy atom. The molecule has 3 aliphatic rings. The lowest BCUT2D eigenvalue weighted by atomic mass is 9.86. The van der Waals surface area contributed by atoms with E-state index in [0.717, 1.165) is 49.7 Å². The fourth-order valence-corrected chi connectivity index (χ4v) is 4.60. The van der Waals surface area contributed by atoms with Crippen molar-refractivity contribution in [3.63, 3.8) is 0 Å². The highest BCUT2D eigenvalue weighted by Gasteiger charge is 2.48. The number of hydrogen-bond acceptors (Lipinski definition) is 6. The minimum Gasteiger partial charge on any atom is -0.376 e. The molecule has 0 aromatic carbocycles. The van der Waals surface area contributed by atoms with Gasteiger partial charge in [0.1, 0.15) is 12.9 Å². The van der Waals surface area contributed by atoms with Crippen LogP contribution < -0.4 is 5.32 Å². The van der Waals surface area contributed by atoms with Crippen molar-refractivity contribution in [1.82, 2.24) is 19.7 Å². The number of rotatable bonds is 5. The van der Waals surface area contributed by atoms with Gasteiger partial charge < -0.3 is 19.7 Å². The van der Waals surface area contributed by atoms with Gasteiger partial charge in [0.2, 0.25) is 11.9 Å². The molecule has 8 nitrogen and oxygen atoms in total. The second-order valence-corrected chi connectivity index (χ2v) is 8.32. The van der Waals surface area contributed by atoms with E-state index in [4.69, 9.17) is 9.47 Å². The van der Waals surface area contributed by atoms with E-state index >= 15 is 0 Å². The minimum atomic E-state index is -4.40. The third-order valence-corrected chi connectivity index (χ3v) is 6.22. The number of likely N-dealkylation sites (tertiary alicyclic amines) is 1. The Hall–Kier alpha value is -1.88. The van der Waals surface area contributed by atoms with Gasteiger partial charge >= 0.3 is 6.18 Å². The molecule has 0 aliphatic carbocycles. The third-order valence-electron chi connectivity index (χ3n) is 6.22. The molecule has 168 valence electrons. The van der Waals surface area contributed by atoms with Crippen molar-refractivity contribution in [3.05, 3.63) is 6.33 Å². The average Bonchev–Trinajstić information content (AvgIpc) is 3.21. The summed E-state index contributed by atoms with van der Waals surface area (Å²) in [5, 5.41) is 6.83. The molecule has 1 N–H and O–H groups in total. The average molecular weight is 431 g/mol. The van der Waals surface area contributed by atoms with Crippen molar-refractivity contribution >= 4 is 11.9 Å². The maximum absolute atomic E-state index is 13.5. The lowest BCUT2D eigenvalue weighted by molar-refractivity contribution is -0.175. The van der Waals surface area contributed by atoms with E-state index in [-0.39, 0.29) is 36.9 Å². The number of carbonyl (C=O) groups excluding carboxylic acids is 1. The molecule has 2 unspecified atom stereocenters. The van der Waals surface area contributed by atoms with Gasteiger partial charge in [-0.05, 0) is 44.4 Å². The van der Waals surface area contributed by atoms with Crippen molar-refractivity contribution in [1.29, 1.82) is 0 Å². The van der Waals surface area contributed by atoms with E-state index in [1.54, 1.807) is 4.90 Å². The van der Waals surface area contributed by atoms with Crippen molar-refractivity contribution < 1.29 is 27.4 Å². The van der Waals surface area contributed by atoms with Gasteiger partial charge in [0.15, 0.2) is 6.04 Å². The molecule has 1 aromatic rings. The fraction of sp³-hybridized carbons (Fsp3) is 0.842. The molecule has 0 spiro atoms. The minimum absolute atomic E-state index is 0.0236. The number of alkyl halides is 3. The van der Waals surface area contributed by atoms with Gasteiger partial charge in [-0.15, -0.1) is 0 Å². The lowest BCUT2D eigenvalue weighted by Gasteiger charge is -2.41. The monoisotopic (exact) mass is 431 g/mol. The maximum atomic E-state index is 13.5. The van der Waals surface area contributed by atoms with Crippen LogP contribution in [0.3, 0.4) is 0 Å². The first-order chi connectivity index (χ1) is 14.4. The Bertz CT molecular complexity index is 723. The molecule has 0 saturated carbocycles. The van der Waals surface area contributed by atoms with Crippen LogP contribution in [0, 0.1) is 5.92 Å². The van der Waals surface area contributed by atoms with Crippen molar-refractivity contribution in [2.75, 3.05) is 38.2 Å². The number of carbonyl (C=O) groups is 1. The highest BCUT2D eigenvalue weighted by Crippen LogP contribution is 2.40. The summed E-state index contributed by atoms with van der Waals surface area (Å²) in [6, 6.07) is -2.12. The molecule has 4 atom stereocenters. The number of aromatic nitrogens is 3. The first kappa shape index (κ1) is 21.4. The number of nitrogens with zero attached hydrogens (tertiary/aromatic N) is 4. The van der Waals surface area contributed by atoms with Gasteiger partial charge in [-0.3, -0.25) is 4.79 Å². The van der Waals surface area contributed by atoms with Gasteiger partial charge in [0.05, 0.1) is 12.7 Å². The van der Waals surface area contributed by atoms with Gasteiger partial charge in [0, 0.05) is 25.7 Å². The predicted molar refractivity (Wildman–Crippen MR) is 101 cm³/mol. The highest BCUT2D eigenvalue weighted by molar-refractivity contribution is 5.77. The number of hydrogen-bond donors (Lipinski definition) is 1. The Kier molecular flexibility index (Phi) is 6.47. The van der Waals surface area contributed by atoms with Crippen LogP contribution in [-0.2, 0) is 14.3 Å². The number of piperidine rings is 1. The topological polar surface area (TPSA) is 81.5 Å². The summed E-state index contributed by atoms with van der Waals surface area (Å²) in [7, 11) is 0. The lowest BCUT2D eigenvalue weighted by Crippen LogP contribution is -2.50. The summed E-state index contributed by atoms with van der Waals surface area (Å²) >= 11 is 0. The van der Waals surface area contributed by atoms with E-state index < -0.39 is 18.3 Å². The van der Waals surface area contributed by atoms with Crippen molar-refractivity contribution in [2.45, 2.75) is 62.9 Å². The van der Waals surface area contributed by atoms with Crippen LogP contribution >= 0.6 is 0 Å². The third kappa shape index (κ3) is 4.88. The van der Waals surface area contributed by atoms with Gasteiger partial charge in [-0.25, -0.2) is 4.68 Å². The van der Waals surface area contributed by atoms with Gasteiger partial charge in [0.25, 0.3) is 0 Å². The molecule has 4 heterocycles. The van der Waals surface area contributed by atoms with E-state index in [0.29, 0.717) is 19.7 Å². The summed E-state index contributed by atoms with van der Waals surface area (Å²) in [6.45, 7) is 2.12. The van der Waals surface area contributed by atoms with Crippen molar-refractivity contribution in [3.8, 4) is 0 Å². The Morgan fingerprint density at radius 3 is 2.93 bits per heavy atom. The van der Waals surface area contributed by atoms with E-state index in [2.05, 4.69) is 15.4 Å². The zero-order valence-electron chi connectivity index (χ0n) is 16.8. The standard InChI is InChI=1S/C19H28F3N5O3/c20-19(21,22)16-8-15(25-18-23-12-24-27(16)18)13-4-3-6-26(9-13)17(28)11-29-10-14-5-1-2-7-30-14/h12-16H,1-11H2,(H,23,24,25)/t13?,14?,15-,16+/m0/s1. The summed E-state index contributed by atoms with van der Waals surface area (Å²) < 4.78 is 52.7. The number of halogens is 3. The summed E-state index contributed by atoms with van der Waals surface area (Å²) in [4.78, 5) is 18.2. The Labute approximate surface area is 173 Å². The van der Waals surface area contributed by atoms with Crippen LogP contribution in [0.4, 0.5) is 19.1 Å². The SMILES string of the molecule is O=C(COCC1CCCCO1)N1CCCC([C@@H]2C[C@H](C(F)(F)F)n3ncnc3N2)C1. The summed E-state index contributed by atoms with van der Waals surface area (Å²) in [5.74, 6) is -0.0747. The quantitative estimate of drug-likeness (QED) is 0.771. The Morgan fingerprint density at radius 2 is 2.17 bits per heavy atom. The van der Waals surface area contributed by atoms with E-state index in [1.807, 2.05) is 0 Å². The molecule has 0 radical (unpaired) electrons. The summed E-state index contributed by atoms with van der Waals surface area (Å²) in [6.07, 6.45) is 1.28. The molecule has 3 aliphatic heterocycles. The molecule has 2 saturated heterocycles. The van der Waals surface area contributed by atoms with Gasteiger partial charge in [-0.2, -0.15) is 23.3 Å². The second kappa shape index (κ2) is 9.09. The van der Waals surface area contributed by atoms with Gasteiger partial charge in [-0.1, -0.05) is 0 Å². The number of ether oxygens (including phenoxy) is 2. The van der Waals surface area contributed by atoms with Crippen LogP contribution in [0.2, 0.25) is 0 Å². The largest absolute Gasteiger partial charge is 0.411 e. The molecule has 1 amide bonds. The number of nitrogens with one attached hydrogen (secondary N) is 1. The van der Waals surface area contributed by atoms with Crippen molar-refractivity contribution in [2.24, 2.45) is 5.92 Å². The smallest absolute Gasteiger partial charge is 0.376 e. The molecular formula is C19H28F3N5O3. The molecule has 1 aromatic heterocycles. The highest BCUT2D eigenvalue weighted by atomic mass is 19.4. The first-order valence-corrected chi connectivity index (χ1v) is 10.6. The molecular weight excluding hydrogens is 403 g/mol. The normalized spacial score (nSPS) is 29.9. The summed E-state index contributed by atoms with van der Waals surface area (Å²) in [5.41, 5.74) is 0. The first-order valence-electron chi connectivity index (χ1n) is 10.6. The number of amides is 1. The Balaban J connectivity index is 1.31. The van der Waals surface area contributed by atoms with Crippen LogP contribution in [-0.4, -0.2) is 76.8 Å². The molecule has 0 bridgehead atoms. The predicted octanol–water partition coefficient (Wildman–Crippen LogP) is 2.39. The van der Waals surface area contributed by atoms with Crippen LogP contribution in [0.25, 0.3) is 0 Å². The number of anilines is 1. The zero-order valence-corrected chi connectivity index (χ0v) is 16.8. The number of fused-ring (bicyclic) bond motifs is 1. The zero-order chi connectivity index (χ0) is 21.1. The second-order valence-electron chi connectivity index (χ2n) is 8.32. The maximum Gasteiger partial charge on any atom is 0.411 e. The molecule has 11 heteroatoms. The van der Waals surface area contributed by atoms with E-state index in [9.17, 15) is 18.0 Å². The van der Waals surface area contributed by atoms with Crippen LogP contribution in [0.1, 0.15) is 44.6 Å². The van der Waals surface area contributed by atoms with Crippen LogP contribution in [0.5, 0.6) is 0 Å². The molecule has 30 heavy (non-hydrogen) atoms. The molecule has 4 rings (SSSR count). The van der Waals surface area contributed by atoms with E-state index in [1.165, 1.54) is 0 Å². The fourth-order valence-electron chi connectivity index (χ4n) is 4.60. The van der Waals surface area contributed by atoms with Crippen LogP contribution in [0.15, 0.2) is 6.33 Å². The molecule has 2 fully saturated rings.